The molecule has 0 amide bonds. The topological polar surface area (TPSA) is 26.3 Å². The molecule has 0 aromatic heterocycles. The highest BCUT2D eigenvalue weighted by atomic mass is 16.5. The number of carbonyl (C=O) groups excluding carboxylic acids is 1. The van der Waals surface area contributed by atoms with E-state index in [0.717, 1.165) is 0 Å². The van der Waals surface area contributed by atoms with E-state index in [1.807, 2.05) is 41.5 Å². The standard InChI is InChI=1S/C12H22O2/c1-8-14-10(13)9(11(2,3)4)12(5,6)7/h8-9H,1H2,2-7H3. The number of hydrogen-bond acceptors (Lipinski definition) is 2. The van der Waals surface area contributed by atoms with Gasteiger partial charge in [0.2, 0.25) is 0 Å². The van der Waals surface area contributed by atoms with E-state index in [2.05, 4.69) is 6.58 Å². The Morgan fingerprint density at radius 2 is 1.50 bits per heavy atom. The van der Waals surface area contributed by atoms with Gasteiger partial charge in [-0.1, -0.05) is 48.1 Å². The number of carbonyl (C=O) groups is 1. The van der Waals surface area contributed by atoms with Crippen LogP contribution in [0.2, 0.25) is 0 Å². The van der Waals surface area contributed by atoms with Crippen molar-refractivity contribution in [3.63, 3.8) is 0 Å². The van der Waals surface area contributed by atoms with E-state index in [0.29, 0.717) is 0 Å². The molecule has 0 aromatic carbocycles. The zero-order valence-electron chi connectivity index (χ0n) is 10.2. The summed E-state index contributed by atoms with van der Waals surface area (Å²) in [5.41, 5.74) is -0.198. The molecule has 2 nitrogen and oxygen atoms in total. The molecule has 0 heterocycles. The average molecular weight is 198 g/mol. The van der Waals surface area contributed by atoms with Crippen LogP contribution in [0.3, 0.4) is 0 Å². The second-order valence-corrected chi connectivity index (χ2v) is 5.77. The van der Waals surface area contributed by atoms with Gasteiger partial charge in [-0.25, -0.2) is 0 Å². The van der Waals surface area contributed by atoms with Crippen molar-refractivity contribution in [2.24, 2.45) is 16.7 Å². The van der Waals surface area contributed by atoms with Gasteiger partial charge in [-0.15, -0.1) is 0 Å². The second kappa shape index (κ2) is 4.16. The molecule has 0 rings (SSSR count). The van der Waals surface area contributed by atoms with Gasteiger partial charge < -0.3 is 4.74 Å². The summed E-state index contributed by atoms with van der Waals surface area (Å²) in [6.07, 6.45) is 1.20. The van der Waals surface area contributed by atoms with Gasteiger partial charge in [0.15, 0.2) is 0 Å². The van der Waals surface area contributed by atoms with Gasteiger partial charge in [-0.05, 0) is 10.8 Å². The quantitative estimate of drug-likeness (QED) is 0.502. The van der Waals surface area contributed by atoms with E-state index in [4.69, 9.17) is 4.74 Å². The van der Waals surface area contributed by atoms with Gasteiger partial charge in [-0.2, -0.15) is 0 Å². The summed E-state index contributed by atoms with van der Waals surface area (Å²) >= 11 is 0. The fourth-order valence-electron chi connectivity index (χ4n) is 2.16. The zero-order chi connectivity index (χ0) is 11.6. The molecule has 0 saturated heterocycles. The van der Waals surface area contributed by atoms with Gasteiger partial charge >= 0.3 is 5.97 Å². The third-order valence-electron chi connectivity index (χ3n) is 2.17. The van der Waals surface area contributed by atoms with Crippen LogP contribution >= 0.6 is 0 Å². The van der Waals surface area contributed by atoms with Crippen LogP contribution in [-0.2, 0) is 9.53 Å². The molecule has 0 aromatic rings. The maximum absolute atomic E-state index is 11.7. The summed E-state index contributed by atoms with van der Waals surface area (Å²) in [7, 11) is 0. The normalized spacial score (nSPS) is 12.8. The third-order valence-corrected chi connectivity index (χ3v) is 2.17. The second-order valence-electron chi connectivity index (χ2n) is 5.77. The molecule has 0 unspecified atom stereocenters. The van der Waals surface area contributed by atoms with Gasteiger partial charge in [0.25, 0.3) is 0 Å². The number of rotatable bonds is 2. The van der Waals surface area contributed by atoms with E-state index in [1.54, 1.807) is 0 Å². The zero-order valence-corrected chi connectivity index (χ0v) is 10.2. The van der Waals surface area contributed by atoms with E-state index in [-0.39, 0.29) is 22.7 Å². The van der Waals surface area contributed by atoms with Crippen LogP contribution in [0.25, 0.3) is 0 Å². The van der Waals surface area contributed by atoms with Crippen molar-refractivity contribution in [1.29, 1.82) is 0 Å². The summed E-state index contributed by atoms with van der Waals surface area (Å²) < 4.78 is 4.88. The Balaban J connectivity index is 4.93. The molecule has 0 aliphatic rings. The van der Waals surface area contributed by atoms with Gasteiger partial charge in [0, 0.05) is 0 Å². The Morgan fingerprint density at radius 1 is 1.14 bits per heavy atom. The lowest BCUT2D eigenvalue weighted by Gasteiger charge is -2.38. The van der Waals surface area contributed by atoms with Gasteiger partial charge in [-0.3, -0.25) is 4.79 Å². The van der Waals surface area contributed by atoms with Crippen LogP contribution in [0.1, 0.15) is 41.5 Å². The molecule has 0 fully saturated rings. The van der Waals surface area contributed by atoms with Crippen LogP contribution in [-0.4, -0.2) is 5.97 Å². The molecule has 0 saturated carbocycles. The largest absolute Gasteiger partial charge is 0.435 e. The predicted molar refractivity (Wildman–Crippen MR) is 58.7 cm³/mol. The Hall–Kier alpha value is -0.790. The van der Waals surface area contributed by atoms with E-state index in [1.165, 1.54) is 6.26 Å². The molecule has 0 radical (unpaired) electrons. The maximum atomic E-state index is 11.7. The van der Waals surface area contributed by atoms with Crippen molar-refractivity contribution in [3.8, 4) is 0 Å². The van der Waals surface area contributed by atoms with Crippen LogP contribution < -0.4 is 0 Å². The molecule has 0 N–H and O–H groups in total. The first-order valence-corrected chi connectivity index (χ1v) is 4.92. The van der Waals surface area contributed by atoms with Gasteiger partial charge in [0.05, 0.1) is 12.2 Å². The highest BCUT2D eigenvalue weighted by molar-refractivity contribution is 5.74. The summed E-state index contributed by atoms with van der Waals surface area (Å²) in [4.78, 5) is 11.7. The number of ether oxygens (including phenoxy) is 1. The lowest BCUT2D eigenvalue weighted by molar-refractivity contribution is -0.151. The molecule has 2 heteroatoms. The minimum absolute atomic E-state index is 0.0989. The van der Waals surface area contributed by atoms with E-state index >= 15 is 0 Å². The van der Waals surface area contributed by atoms with Crippen molar-refractivity contribution in [2.75, 3.05) is 0 Å². The Morgan fingerprint density at radius 3 is 1.71 bits per heavy atom. The summed E-state index contributed by atoms with van der Waals surface area (Å²) in [6.45, 7) is 15.7. The van der Waals surface area contributed by atoms with Gasteiger partial charge in [0.1, 0.15) is 0 Å². The molecule has 14 heavy (non-hydrogen) atoms. The molecular weight excluding hydrogens is 176 g/mol. The molecule has 0 atom stereocenters. The summed E-state index contributed by atoms with van der Waals surface area (Å²) in [5, 5.41) is 0. The van der Waals surface area contributed by atoms with Crippen molar-refractivity contribution in [1.82, 2.24) is 0 Å². The molecule has 0 aliphatic heterocycles. The van der Waals surface area contributed by atoms with Crippen LogP contribution in [0.5, 0.6) is 0 Å². The van der Waals surface area contributed by atoms with Crippen molar-refractivity contribution in [3.05, 3.63) is 12.8 Å². The Kier molecular flexibility index (Phi) is 3.92. The Labute approximate surface area is 87.3 Å². The predicted octanol–water partition coefficient (Wildman–Crippen LogP) is 3.38. The summed E-state index contributed by atoms with van der Waals surface area (Å²) in [5.74, 6) is -0.326. The highest BCUT2D eigenvalue weighted by Gasteiger charge is 2.41. The smallest absolute Gasteiger partial charge is 0.314 e. The third kappa shape index (κ3) is 3.52. The fourth-order valence-corrected chi connectivity index (χ4v) is 2.16. The fraction of sp³-hybridized carbons (Fsp3) is 0.750. The first-order valence-electron chi connectivity index (χ1n) is 4.92. The Bertz CT molecular complexity index is 201. The molecule has 0 spiro atoms. The number of esters is 1. The van der Waals surface area contributed by atoms with Crippen LogP contribution in [0.4, 0.5) is 0 Å². The van der Waals surface area contributed by atoms with Crippen molar-refractivity contribution >= 4 is 5.97 Å². The monoisotopic (exact) mass is 198 g/mol. The SMILES string of the molecule is C=COC(=O)C(C(C)(C)C)C(C)(C)C. The van der Waals surface area contributed by atoms with Crippen molar-refractivity contribution in [2.45, 2.75) is 41.5 Å². The molecule has 0 bridgehead atoms. The average Bonchev–Trinajstić information content (AvgIpc) is 1.78. The lowest BCUT2D eigenvalue weighted by Crippen LogP contribution is -2.39. The first kappa shape index (κ1) is 13.2. The van der Waals surface area contributed by atoms with E-state index in [9.17, 15) is 4.79 Å². The van der Waals surface area contributed by atoms with E-state index < -0.39 is 0 Å². The molecule has 82 valence electrons. The maximum Gasteiger partial charge on any atom is 0.314 e. The van der Waals surface area contributed by atoms with Crippen LogP contribution in [0.15, 0.2) is 12.8 Å². The molecule has 0 aliphatic carbocycles. The first-order chi connectivity index (χ1) is 6.10. The van der Waals surface area contributed by atoms with Crippen LogP contribution in [0, 0.1) is 16.7 Å². The minimum atomic E-state index is -0.194. The molecular formula is C12H22O2. The minimum Gasteiger partial charge on any atom is -0.435 e. The lowest BCUT2D eigenvalue weighted by atomic mass is 9.67. The summed E-state index contributed by atoms with van der Waals surface area (Å²) in [6, 6.07) is 0. The number of hydrogen-bond donors (Lipinski definition) is 0. The highest BCUT2D eigenvalue weighted by Crippen LogP contribution is 2.40. The van der Waals surface area contributed by atoms with Crippen molar-refractivity contribution < 1.29 is 9.53 Å².